The van der Waals surface area contributed by atoms with Gasteiger partial charge in [-0.2, -0.15) is 0 Å². The number of nitrogens with zero attached hydrogens (tertiary/aromatic N) is 1. The quantitative estimate of drug-likeness (QED) is 0.837. The van der Waals surface area contributed by atoms with Gasteiger partial charge in [0, 0.05) is 25.7 Å². The Kier molecular flexibility index (Phi) is 5.76. The highest BCUT2D eigenvalue weighted by molar-refractivity contribution is 5.76. The maximum absolute atomic E-state index is 11.9. The van der Waals surface area contributed by atoms with Crippen LogP contribution in [0.25, 0.3) is 0 Å². The monoisotopic (exact) mass is 290 g/mol. The number of esters is 1. The Labute approximate surface area is 127 Å². The van der Waals surface area contributed by atoms with Gasteiger partial charge in [-0.15, -0.1) is 0 Å². The van der Waals surface area contributed by atoms with Gasteiger partial charge in [-0.1, -0.05) is 38.1 Å². The van der Waals surface area contributed by atoms with Gasteiger partial charge in [-0.25, -0.2) is 0 Å². The first-order valence-electron chi connectivity index (χ1n) is 7.73. The molecule has 0 spiro atoms. The normalized spacial score (nSPS) is 17.1. The van der Waals surface area contributed by atoms with Gasteiger partial charge < -0.3 is 15.0 Å². The van der Waals surface area contributed by atoms with Crippen molar-refractivity contribution in [3.05, 3.63) is 35.4 Å². The van der Waals surface area contributed by atoms with Crippen molar-refractivity contribution in [2.24, 2.45) is 0 Å². The van der Waals surface area contributed by atoms with Crippen LogP contribution in [0.2, 0.25) is 0 Å². The van der Waals surface area contributed by atoms with E-state index in [1.54, 1.807) is 0 Å². The van der Waals surface area contributed by atoms with Crippen LogP contribution in [0, 0.1) is 0 Å². The molecule has 0 aliphatic carbocycles. The molecule has 0 saturated carbocycles. The molecule has 1 atom stereocenters. The van der Waals surface area contributed by atoms with Crippen LogP contribution < -0.4 is 5.32 Å². The van der Waals surface area contributed by atoms with Gasteiger partial charge in [0.15, 0.2) is 0 Å². The third kappa shape index (κ3) is 4.55. The molecule has 4 nitrogen and oxygen atoms in total. The highest BCUT2D eigenvalue weighted by Gasteiger charge is 2.24. The van der Waals surface area contributed by atoms with Crippen LogP contribution in [0.15, 0.2) is 24.3 Å². The fourth-order valence-corrected chi connectivity index (χ4v) is 2.89. The SMILES string of the molecule is COC(=O)C(CN1CCc2ccccc2CC1)NC(C)C. The summed E-state index contributed by atoms with van der Waals surface area (Å²) in [5.41, 5.74) is 2.87. The third-order valence-electron chi connectivity index (χ3n) is 3.97. The van der Waals surface area contributed by atoms with Gasteiger partial charge in [0.1, 0.15) is 6.04 Å². The van der Waals surface area contributed by atoms with Gasteiger partial charge in [0.05, 0.1) is 7.11 Å². The van der Waals surface area contributed by atoms with Crippen LogP contribution in [0.1, 0.15) is 25.0 Å². The lowest BCUT2D eigenvalue weighted by Crippen LogP contribution is -2.49. The van der Waals surface area contributed by atoms with Crippen LogP contribution in [0.5, 0.6) is 0 Å². The van der Waals surface area contributed by atoms with E-state index in [0.717, 1.165) is 25.9 Å². The minimum absolute atomic E-state index is 0.175. The Bertz CT molecular complexity index is 447. The van der Waals surface area contributed by atoms with E-state index in [2.05, 4.69) is 34.5 Å². The number of hydrogen-bond acceptors (Lipinski definition) is 4. The Morgan fingerprint density at radius 3 is 2.29 bits per heavy atom. The second-order valence-corrected chi connectivity index (χ2v) is 5.97. The molecule has 1 aromatic carbocycles. The van der Waals surface area contributed by atoms with E-state index in [4.69, 9.17) is 4.74 Å². The summed E-state index contributed by atoms with van der Waals surface area (Å²) in [4.78, 5) is 14.3. The molecule has 0 radical (unpaired) electrons. The molecule has 1 aliphatic heterocycles. The smallest absolute Gasteiger partial charge is 0.324 e. The zero-order valence-corrected chi connectivity index (χ0v) is 13.3. The molecule has 21 heavy (non-hydrogen) atoms. The molecular weight excluding hydrogens is 264 g/mol. The van der Waals surface area contributed by atoms with E-state index >= 15 is 0 Å². The maximum atomic E-state index is 11.9. The van der Waals surface area contributed by atoms with Gasteiger partial charge in [0.25, 0.3) is 0 Å². The molecule has 0 saturated heterocycles. The maximum Gasteiger partial charge on any atom is 0.324 e. The molecule has 1 aliphatic rings. The van der Waals surface area contributed by atoms with E-state index < -0.39 is 0 Å². The fraction of sp³-hybridized carbons (Fsp3) is 0.588. The van der Waals surface area contributed by atoms with E-state index in [-0.39, 0.29) is 18.1 Å². The Morgan fingerprint density at radius 2 is 1.81 bits per heavy atom. The molecule has 0 bridgehead atoms. The molecule has 1 aromatic rings. The summed E-state index contributed by atoms with van der Waals surface area (Å²) in [6.45, 7) is 6.79. The molecule has 1 heterocycles. The summed E-state index contributed by atoms with van der Waals surface area (Å²) in [5.74, 6) is -0.175. The predicted octanol–water partition coefficient (Wildman–Crippen LogP) is 1.63. The lowest BCUT2D eigenvalue weighted by molar-refractivity contribution is -0.143. The molecular formula is C17H26N2O2. The zero-order chi connectivity index (χ0) is 15.2. The van der Waals surface area contributed by atoms with Gasteiger partial charge in [-0.3, -0.25) is 4.79 Å². The van der Waals surface area contributed by atoms with Crippen molar-refractivity contribution in [2.75, 3.05) is 26.7 Å². The van der Waals surface area contributed by atoms with Crippen molar-refractivity contribution < 1.29 is 9.53 Å². The number of nitrogens with one attached hydrogen (secondary N) is 1. The molecule has 1 N–H and O–H groups in total. The molecule has 1 unspecified atom stereocenters. The average Bonchev–Trinajstić information content (AvgIpc) is 2.68. The van der Waals surface area contributed by atoms with Crippen LogP contribution in [-0.4, -0.2) is 49.7 Å². The first kappa shape index (κ1) is 16.0. The largest absolute Gasteiger partial charge is 0.468 e. The van der Waals surface area contributed by atoms with Crippen molar-refractivity contribution in [1.82, 2.24) is 10.2 Å². The standard InChI is InChI=1S/C17H26N2O2/c1-13(2)18-16(17(20)21-3)12-19-10-8-14-6-4-5-7-15(14)9-11-19/h4-7,13,16,18H,8-12H2,1-3H3. The van der Waals surface area contributed by atoms with Gasteiger partial charge in [0.2, 0.25) is 0 Å². The number of ether oxygens (including phenoxy) is 1. The van der Waals surface area contributed by atoms with Crippen molar-refractivity contribution in [3.63, 3.8) is 0 Å². The summed E-state index contributed by atoms with van der Waals surface area (Å²) in [7, 11) is 1.45. The van der Waals surface area contributed by atoms with Crippen LogP contribution in [0.3, 0.4) is 0 Å². The molecule has 0 fully saturated rings. The van der Waals surface area contributed by atoms with Crippen LogP contribution >= 0.6 is 0 Å². The summed E-state index contributed by atoms with van der Waals surface area (Å²) >= 11 is 0. The number of fused-ring (bicyclic) bond motifs is 1. The van der Waals surface area contributed by atoms with Crippen LogP contribution in [-0.2, 0) is 22.4 Å². The van der Waals surface area contributed by atoms with E-state index in [1.807, 2.05) is 13.8 Å². The van der Waals surface area contributed by atoms with E-state index in [0.29, 0.717) is 6.54 Å². The predicted molar refractivity (Wildman–Crippen MR) is 84.4 cm³/mol. The highest BCUT2D eigenvalue weighted by Crippen LogP contribution is 2.15. The molecule has 0 aromatic heterocycles. The van der Waals surface area contributed by atoms with Gasteiger partial charge in [-0.05, 0) is 24.0 Å². The molecule has 4 heteroatoms. The van der Waals surface area contributed by atoms with Gasteiger partial charge >= 0.3 is 5.97 Å². The number of carbonyl (C=O) groups is 1. The van der Waals surface area contributed by atoms with Crippen molar-refractivity contribution >= 4 is 5.97 Å². The van der Waals surface area contributed by atoms with Crippen molar-refractivity contribution in [2.45, 2.75) is 38.8 Å². The zero-order valence-electron chi connectivity index (χ0n) is 13.3. The Hall–Kier alpha value is -1.39. The summed E-state index contributed by atoms with van der Waals surface area (Å²) in [6, 6.07) is 8.64. The first-order valence-corrected chi connectivity index (χ1v) is 7.73. The molecule has 0 amide bonds. The first-order chi connectivity index (χ1) is 10.1. The molecule has 2 rings (SSSR count). The summed E-state index contributed by atoms with van der Waals surface area (Å²) < 4.78 is 4.92. The van der Waals surface area contributed by atoms with Crippen molar-refractivity contribution in [3.8, 4) is 0 Å². The highest BCUT2D eigenvalue weighted by atomic mass is 16.5. The minimum Gasteiger partial charge on any atom is -0.468 e. The second-order valence-electron chi connectivity index (χ2n) is 5.97. The lowest BCUT2D eigenvalue weighted by atomic mass is 10.0. The van der Waals surface area contributed by atoms with E-state index in [1.165, 1.54) is 18.2 Å². The second kappa shape index (κ2) is 7.57. The third-order valence-corrected chi connectivity index (χ3v) is 3.97. The summed E-state index contributed by atoms with van der Waals surface area (Å²) in [6.07, 6.45) is 2.09. The number of rotatable bonds is 5. The Morgan fingerprint density at radius 1 is 1.24 bits per heavy atom. The number of methoxy groups -OCH3 is 1. The average molecular weight is 290 g/mol. The van der Waals surface area contributed by atoms with E-state index in [9.17, 15) is 4.79 Å². The topological polar surface area (TPSA) is 41.6 Å². The summed E-state index contributed by atoms with van der Waals surface area (Å²) in [5, 5.41) is 3.30. The van der Waals surface area contributed by atoms with Crippen LogP contribution in [0.4, 0.5) is 0 Å². The number of hydrogen-bond donors (Lipinski definition) is 1. The number of carbonyl (C=O) groups excluding carboxylic acids is 1. The minimum atomic E-state index is -0.254. The van der Waals surface area contributed by atoms with Crippen molar-refractivity contribution in [1.29, 1.82) is 0 Å². The lowest BCUT2D eigenvalue weighted by Gasteiger charge is -2.26. The number of benzene rings is 1. The Balaban J connectivity index is 1.97. The fourth-order valence-electron chi connectivity index (χ4n) is 2.89. The molecule has 116 valence electrons.